The van der Waals surface area contributed by atoms with E-state index in [-0.39, 0.29) is 11.3 Å². The zero-order valence-corrected chi connectivity index (χ0v) is 10.9. The second-order valence-electron chi connectivity index (χ2n) is 5.19. The van der Waals surface area contributed by atoms with Gasteiger partial charge in [-0.25, -0.2) is 0 Å². The molecule has 0 saturated carbocycles. The van der Waals surface area contributed by atoms with Crippen LogP contribution in [0, 0.1) is 0 Å². The van der Waals surface area contributed by atoms with E-state index < -0.39 is 0 Å². The lowest BCUT2D eigenvalue weighted by atomic mass is 9.83. The maximum absolute atomic E-state index is 12.0. The summed E-state index contributed by atoms with van der Waals surface area (Å²) in [6, 6.07) is 7.75. The van der Waals surface area contributed by atoms with Crippen LogP contribution in [0.5, 0.6) is 0 Å². The topological polar surface area (TPSA) is 55.1 Å². The smallest absolute Gasteiger partial charge is 0.251 e. The molecule has 3 nitrogen and oxygen atoms in total. The van der Waals surface area contributed by atoms with Gasteiger partial charge in [-0.1, -0.05) is 39.0 Å². The number of carbonyl (C=O) groups is 1. The predicted octanol–water partition coefficient (Wildman–Crippen LogP) is 2.06. The summed E-state index contributed by atoms with van der Waals surface area (Å²) < 4.78 is 0. The molecule has 3 heteroatoms. The third-order valence-electron chi connectivity index (χ3n) is 2.65. The van der Waals surface area contributed by atoms with Gasteiger partial charge in [-0.05, 0) is 30.0 Å². The molecule has 0 fully saturated rings. The Hall–Kier alpha value is -1.35. The molecule has 0 unspecified atom stereocenters. The van der Waals surface area contributed by atoms with Crippen LogP contribution in [0.25, 0.3) is 0 Å². The second-order valence-corrected chi connectivity index (χ2v) is 5.19. The van der Waals surface area contributed by atoms with E-state index >= 15 is 0 Å². The lowest BCUT2D eigenvalue weighted by Gasteiger charge is -2.22. The lowest BCUT2D eigenvalue weighted by molar-refractivity contribution is 0.0951. The fourth-order valence-electron chi connectivity index (χ4n) is 1.73. The molecule has 0 bridgehead atoms. The van der Waals surface area contributed by atoms with Crippen molar-refractivity contribution in [3.05, 3.63) is 35.4 Å². The summed E-state index contributed by atoms with van der Waals surface area (Å²) in [6.07, 6.45) is 0.809. The van der Waals surface area contributed by atoms with Crippen molar-refractivity contribution in [3.8, 4) is 0 Å². The van der Waals surface area contributed by atoms with Crippen LogP contribution in [-0.2, 0) is 5.41 Å². The molecule has 0 aromatic heterocycles. The van der Waals surface area contributed by atoms with Crippen molar-refractivity contribution in [2.24, 2.45) is 5.73 Å². The average molecular weight is 234 g/mol. The van der Waals surface area contributed by atoms with Crippen molar-refractivity contribution in [2.45, 2.75) is 32.6 Å². The van der Waals surface area contributed by atoms with E-state index in [1.807, 2.05) is 24.3 Å². The van der Waals surface area contributed by atoms with Crippen LogP contribution >= 0.6 is 0 Å². The van der Waals surface area contributed by atoms with E-state index in [1.165, 1.54) is 0 Å². The molecule has 17 heavy (non-hydrogen) atoms. The van der Waals surface area contributed by atoms with Gasteiger partial charge in [0.25, 0.3) is 5.91 Å². The first-order chi connectivity index (χ1) is 7.96. The number of nitrogens with one attached hydrogen (secondary N) is 1. The summed E-state index contributed by atoms with van der Waals surface area (Å²) in [4.78, 5) is 12.0. The Balaban J connectivity index is 2.86. The Labute approximate surface area is 103 Å². The van der Waals surface area contributed by atoms with Crippen molar-refractivity contribution < 1.29 is 4.79 Å². The van der Waals surface area contributed by atoms with Gasteiger partial charge in [0.05, 0.1) is 0 Å². The highest BCUT2D eigenvalue weighted by Crippen LogP contribution is 2.25. The Morgan fingerprint density at radius 2 is 1.94 bits per heavy atom. The number of hydrogen-bond acceptors (Lipinski definition) is 2. The van der Waals surface area contributed by atoms with Gasteiger partial charge in [0, 0.05) is 12.1 Å². The third kappa shape index (κ3) is 3.86. The lowest BCUT2D eigenvalue weighted by Crippen LogP contribution is -2.28. The Morgan fingerprint density at radius 1 is 1.29 bits per heavy atom. The zero-order chi connectivity index (χ0) is 12.9. The molecule has 1 rings (SSSR count). The van der Waals surface area contributed by atoms with Crippen molar-refractivity contribution >= 4 is 5.91 Å². The molecule has 94 valence electrons. The summed E-state index contributed by atoms with van der Waals surface area (Å²) in [5, 5.41) is 2.89. The first-order valence-corrected chi connectivity index (χ1v) is 6.04. The summed E-state index contributed by atoms with van der Waals surface area (Å²) in [5.74, 6) is -0.0102. The molecule has 0 aliphatic heterocycles. The molecule has 0 atom stereocenters. The first-order valence-electron chi connectivity index (χ1n) is 6.04. The van der Waals surface area contributed by atoms with Crippen LogP contribution in [0.3, 0.4) is 0 Å². The number of benzene rings is 1. The molecule has 0 heterocycles. The maximum atomic E-state index is 12.0. The number of amides is 1. The molecular formula is C14H22N2O. The molecule has 1 aromatic carbocycles. The standard InChI is InChI=1S/C14H22N2O/c1-14(2,3)12-8-5-4-7-11(12)13(17)16-10-6-9-15/h4-5,7-8H,6,9-10,15H2,1-3H3,(H,16,17). The minimum Gasteiger partial charge on any atom is -0.352 e. The fraction of sp³-hybridized carbons (Fsp3) is 0.500. The molecule has 0 aliphatic carbocycles. The maximum Gasteiger partial charge on any atom is 0.251 e. The fourth-order valence-corrected chi connectivity index (χ4v) is 1.73. The van der Waals surface area contributed by atoms with Gasteiger partial charge >= 0.3 is 0 Å². The van der Waals surface area contributed by atoms with E-state index in [9.17, 15) is 4.79 Å². The number of carbonyl (C=O) groups excluding carboxylic acids is 1. The molecular weight excluding hydrogens is 212 g/mol. The van der Waals surface area contributed by atoms with Crippen LogP contribution in [0.4, 0.5) is 0 Å². The Kier molecular flexibility index (Phi) is 4.70. The SMILES string of the molecule is CC(C)(C)c1ccccc1C(=O)NCCCN. The second kappa shape index (κ2) is 5.82. The Morgan fingerprint density at radius 3 is 2.53 bits per heavy atom. The highest BCUT2D eigenvalue weighted by atomic mass is 16.1. The van der Waals surface area contributed by atoms with E-state index in [0.717, 1.165) is 17.5 Å². The Bertz CT molecular complexity index is 380. The van der Waals surface area contributed by atoms with Crippen LogP contribution < -0.4 is 11.1 Å². The first kappa shape index (κ1) is 13.7. The normalized spacial score (nSPS) is 11.3. The molecule has 0 spiro atoms. The van der Waals surface area contributed by atoms with E-state index in [4.69, 9.17) is 5.73 Å². The summed E-state index contributed by atoms with van der Waals surface area (Å²) >= 11 is 0. The third-order valence-corrected chi connectivity index (χ3v) is 2.65. The number of rotatable bonds is 4. The van der Waals surface area contributed by atoms with E-state index in [2.05, 4.69) is 26.1 Å². The monoisotopic (exact) mass is 234 g/mol. The van der Waals surface area contributed by atoms with Crippen molar-refractivity contribution in [1.29, 1.82) is 0 Å². The zero-order valence-electron chi connectivity index (χ0n) is 10.9. The molecule has 3 N–H and O–H groups in total. The van der Waals surface area contributed by atoms with Crippen molar-refractivity contribution in [2.75, 3.05) is 13.1 Å². The van der Waals surface area contributed by atoms with Crippen molar-refractivity contribution in [1.82, 2.24) is 5.32 Å². The average Bonchev–Trinajstić information content (AvgIpc) is 2.28. The quantitative estimate of drug-likeness (QED) is 0.783. The van der Waals surface area contributed by atoms with Crippen LogP contribution in [0.2, 0.25) is 0 Å². The van der Waals surface area contributed by atoms with Gasteiger partial charge in [-0.15, -0.1) is 0 Å². The predicted molar refractivity (Wildman–Crippen MR) is 71.1 cm³/mol. The minimum atomic E-state index is -0.0260. The largest absolute Gasteiger partial charge is 0.352 e. The van der Waals surface area contributed by atoms with E-state index in [1.54, 1.807) is 0 Å². The van der Waals surface area contributed by atoms with Crippen LogP contribution in [0.15, 0.2) is 24.3 Å². The number of nitrogens with two attached hydrogens (primary N) is 1. The van der Waals surface area contributed by atoms with Crippen LogP contribution in [0.1, 0.15) is 43.1 Å². The molecule has 0 saturated heterocycles. The van der Waals surface area contributed by atoms with Gasteiger partial charge in [-0.2, -0.15) is 0 Å². The number of hydrogen-bond donors (Lipinski definition) is 2. The van der Waals surface area contributed by atoms with Gasteiger partial charge in [0.15, 0.2) is 0 Å². The van der Waals surface area contributed by atoms with Crippen LogP contribution in [-0.4, -0.2) is 19.0 Å². The highest BCUT2D eigenvalue weighted by Gasteiger charge is 2.20. The van der Waals surface area contributed by atoms with Gasteiger partial charge < -0.3 is 11.1 Å². The van der Waals surface area contributed by atoms with E-state index in [0.29, 0.717) is 13.1 Å². The van der Waals surface area contributed by atoms with Gasteiger partial charge in [0.2, 0.25) is 0 Å². The highest BCUT2D eigenvalue weighted by molar-refractivity contribution is 5.96. The molecule has 1 aromatic rings. The van der Waals surface area contributed by atoms with Gasteiger partial charge in [0.1, 0.15) is 0 Å². The summed E-state index contributed by atoms with van der Waals surface area (Å²) in [6.45, 7) is 7.56. The molecule has 0 radical (unpaired) electrons. The summed E-state index contributed by atoms with van der Waals surface area (Å²) in [5.41, 5.74) is 7.21. The van der Waals surface area contributed by atoms with Gasteiger partial charge in [-0.3, -0.25) is 4.79 Å². The molecule has 1 amide bonds. The summed E-state index contributed by atoms with van der Waals surface area (Å²) in [7, 11) is 0. The minimum absolute atomic E-state index is 0.0102. The molecule has 0 aliphatic rings. The van der Waals surface area contributed by atoms with Crippen molar-refractivity contribution in [3.63, 3.8) is 0 Å².